The van der Waals surface area contributed by atoms with E-state index in [1.807, 2.05) is 73.7 Å². The van der Waals surface area contributed by atoms with Crippen molar-refractivity contribution >= 4 is 26.5 Å². The Bertz CT molecular complexity index is 1360. The fourth-order valence-electron chi connectivity index (χ4n) is 3.37. The number of hydrogen-bond acceptors (Lipinski definition) is 4. The predicted molar refractivity (Wildman–Crippen MR) is 128 cm³/mol. The van der Waals surface area contributed by atoms with Gasteiger partial charge in [0.2, 0.25) is 0 Å². The van der Waals surface area contributed by atoms with Gasteiger partial charge in [-0.25, -0.2) is 0 Å². The van der Waals surface area contributed by atoms with Crippen LogP contribution in [0.15, 0.2) is 101 Å². The fourth-order valence-corrected chi connectivity index (χ4v) is 4.23. The number of sulfonamides is 1. The van der Waals surface area contributed by atoms with E-state index in [1.165, 1.54) is 0 Å². The van der Waals surface area contributed by atoms with E-state index in [0.717, 1.165) is 27.5 Å². The van der Waals surface area contributed by atoms with Crippen molar-refractivity contribution in [3.63, 3.8) is 0 Å². The molecule has 4 aromatic carbocycles. The number of aryl methyl sites for hydroxylation is 1. The quantitative estimate of drug-likeness (QED) is 0.305. The first-order valence-corrected chi connectivity index (χ1v) is 11.7. The number of ether oxygens (including phenoxy) is 1. The summed E-state index contributed by atoms with van der Waals surface area (Å²) in [6.45, 7) is 4.06. The van der Waals surface area contributed by atoms with Crippen LogP contribution in [-0.4, -0.2) is 14.1 Å². The van der Waals surface area contributed by atoms with Gasteiger partial charge in [0, 0.05) is 10.9 Å². The molecule has 0 atom stereocenters. The van der Waals surface area contributed by atoms with Gasteiger partial charge in [-0.05, 0) is 43.0 Å². The highest BCUT2D eigenvalue weighted by molar-refractivity contribution is 7.89. The molecule has 162 valence electrons. The van der Waals surface area contributed by atoms with Crippen molar-refractivity contribution in [2.24, 2.45) is 5.10 Å². The largest absolute Gasteiger partial charge is 0.488 e. The van der Waals surface area contributed by atoms with Crippen molar-refractivity contribution < 1.29 is 13.2 Å². The summed E-state index contributed by atoms with van der Waals surface area (Å²) in [5, 5.41) is 6.16. The molecule has 0 aliphatic carbocycles. The average Bonchev–Trinajstić information content (AvgIpc) is 2.82. The molecule has 4 rings (SSSR count). The molecular weight excluding hydrogens is 420 g/mol. The van der Waals surface area contributed by atoms with Crippen LogP contribution < -0.4 is 9.57 Å². The van der Waals surface area contributed by atoms with E-state index in [1.54, 1.807) is 31.2 Å². The number of hydrogen-bond donors (Lipinski definition) is 1. The summed E-state index contributed by atoms with van der Waals surface area (Å²) in [4.78, 5) is 2.51. The highest BCUT2D eigenvalue weighted by Gasteiger charge is 2.15. The summed E-state index contributed by atoms with van der Waals surface area (Å²) in [6, 6.07) is 28.3. The summed E-state index contributed by atoms with van der Waals surface area (Å²) < 4.78 is 31.5. The molecule has 4 aromatic rings. The molecule has 0 spiro atoms. The van der Waals surface area contributed by atoms with Gasteiger partial charge in [0.05, 0.1) is 10.6 Å². The number of nitrogens with one attached hydrogen (secondary N) is 1. The Hall–Kier alpha value is -3.64. The third-order valence-electron chi connectivity index (χ3n) is 5.16. The molecule has 0 radical (unpaired) electrons. The molecule has 0 heterocycles. The Balaban J connectivity index is 1.67. The molecule has 0 unspecified atom stereocenters. The van der Waals surface area contributed by atoms with Crippen molar-refractivity contribution in [1.29, 1.82) is 0 Å². The zero-order valence-electron chi connectivity index (χ0n) is 17.9. The third kappa shape index (κ3) is 4.81. The maximum atomic E-state index is 12.6. The average molecular weight is 445 g/mol. The number of nitrogens with zero attached hydrogens (tertiary/aromatic N) is 1. The molecule has 1 N–H and O–H groups in total. The molecule has 32 heavy (non-hydrogen) atoms. The van der Waals surface area contributed by atoms with E-state index >= 15 is 0 Å². The summed E-state index contributed by atoms with van der Waals surface area (Å²) in [7, 11) is -3.77. The Morgan fingerprint density at radius 2 is 1.56 bits per heavy atom. The third-order valence-corrected chi connectivity index (χ3v) is 6.38. The lowest BCUT2D eigenvalue weighted by molar-refractivity contribution is 0.309. The SMILES string of the molecule is C/C(=N\NS(=O)(=O)c1ccc(C)cc1)c1ccc2ccccc2c1OCc1ccccc1. The Labute approximate surface area is 188 Å². The van der Waals surface area contributed by atoms with Crippen LogP contribution in [0.1, 0.15) is 23.6 Å². The van der Waals surface area contributed by atoms with E-state index in [-0.39, 0.29) is 4.90 Å². The van der Waals surface area contributed by atoms with Gasteiger partial charge in [-0.1, -0.05) is 78.4 Å². The topological polar surface area (TPSA) is 67.8 Å². The molecule has 0 aromatic heterocycles. The summed E-state index contributed by atoms with van der Waals surface area (Å²) in [6.07, 6.45) is 0. The molecule has 0 saturated heterocycles. The minimum Gasteiger partial charge on any atom is -0.488 e. The molecular formula is C26H24N2O3S. The molecule has 0 saturated carbocycles. The first-order chi connectivity index (χ1) is 15.4. The van der Waals surface area contributed by atoms with Crippen LogP contribution >= 0.6 is 0 Å². The van der Waals surface area contributed by atoms with E-state index in [4.69, 9.17) is 4.74 Å². The minimum absolute atomic E-state index is 0.165. The van der Waals surface area contributed by atoms with Crippen LogP contribution in [-0.2, 0) is 16.6 Å². The van der Waals surface area contributed by atoms with Gasteiger partial charge in [-0.3, -0.25) is 0 Å². The maximum absolute atomic E-state index is 12.6. The van der Waals surface area contributed by atoms with Crippen LogP contribution in [0.25, 0.3) is 10.8 Å². The zero-order chi connectivity index (χ0) is 22.6. The highest BCUT2D eigenvalue weighted by Crippen LogP contribution is 2.31. The van der Waals surface area contributed by atoms with Crippen molar-refractivity contribution in [3.8, 4) is 5.75 Å². The van der Waals surface area contributed by atoms with Gasteiger partial charge in [-0.15, -0.1) is 0 Å². The van der Waals surface area contributed by atoms with Gasteiger partial charge >= 0.3 is 0 Å². The molecule has 0 aliphatic heterocycles. The van der Waals surface area contributed by atoms with E-state index < -0.39 is 10.0 Å². The summed E-state index contributed by atoms with van der Waals surface area (Å²) in [5.41, 5.74) is 3.27. The first-order valence-electron chi connectivity index (χ1n) is 10.3. The van der Waals surface area contributed by atoms with Crippen LogP contribution in [0.3, 0.4) is 0 Å². The van der Waals surface area contributed by atoms with Crippen molar-refractivity contribution in [2.45, 2.75) is 25.3 Å². The molecule has 0 aliphatic rings. The number of benzene rings is 4. The molecule has 0 bridgehead atoms. The van der Waals surface area contributed by atoms with Gasteiger partial charge in [-0.2, -0.15) is 18.4 Å². The zero-order valence-corrected chi connectivity index (χ0v) is 18.8. The summed E-state index contributed by atoms with van der Waals surface area (Å²) in [5.74, 6) is 0.669. The standard InChI is InChI=1S/C26H24N2O3S/c1-19-12-15-23(16-13-19)32(29,30)28-27-20(2)24-17-14-22-10-6-7-11-25(22)26(24)31-18-21-8-4-3-5-9-21/h3-17,28H,18H2,1-2H3/b27-20+. The number of hydrazone groups is 1. The fraction of sp³-hybridized carbons (Fsp3) is 0.115. The second kappa shape index (κ2) is 9.24. The Morgan fingerprint density at radius 1 is 0.875 bits per heavy atom. The van der Waals surface area contributed by atoms with E-state index in [9.17, 15) is 8.42 Å². The lowest BCUT2D eigenvalue weighted by atomic mass is 10.0. The smallest absolute Gasteiger partial charge is 0.276 e. The van der Waals surface area contributed by atoms with Crippen molar-refractivity contribution in [1.82, 2.24) is 4.83 Å². The highest BCUT2D eigenvalue weighted by atomic mass is 32.2. The van der Waals surface area contributed by atoms with Gasteiger partial charge < -0.3 is 4.74 Å². The number of rotatable bonds is 7. The lowest BCUT2D eigenvalue weighted by Gasteiger charge is -2.15. The monoisotopic (exact) mass is 444 g/mol. The van der Waals surface area contributed by atoms with Gasteiger partial charge in [0.1, 0.15) is 12.4 Å². The minimum atomic E-state index is -3.77. The predicted octanol–water partition coefficient (Wildman–Crippen LogP) is 5.43. The second-order valence-electron chi connectivity index (χ2n) is 7.54. The first kappa shape index (κ1) is 21.6. The molecule has 0 fully saturated rings. The van der Waals surface area contributed by atoms with Crippen molar-refractivity contribution in [2.75, 3.05) is 0 Å². The van der Waals surface area contributed by atoms with Gasteiger partial charge in [0.15, 0.2) is 0 Å². The van der Waals surface area contributed by atoms with E-state index in [2.05, 4.69) is 9.93 Å². The van der Waals surface area contributed by atoms with Crippen LogP contribution in [0.4, 0.5) is 0 Å². The normalized spacial score (nSPS) is 12.0. The summed E-state index contributed by atoms with van der Waals surface area (Å²) >= 11 is 0. The van der Waals surface area contributed by atoms with Gasteiger partial charge in [0.25, 0.3) is 10.0 Å². The van der Waals surface area contributed by atoms with Crippen molar-refractivity contribution in [3.05, 3.63) is 108 Å². The van der Waals surface area contributed by atoms with Crippen LogP contribution in [0.2, 0.25) is 0 Å². The Kier molecular flexibility index (Phi) is 6.23. The molecule has 5 nitrogen and oxygen atoms in total. The second-order valence-corrected chi connectivity index (χ2v) is 9.20. The van der Waals surface area contributed by atoms with Crippen LogP contribution in [0.5, 0.6) is 5.75 Å². The molecule has 0 amide bonds. The Morgan fingerprint density at radius 3 is 2.31 bits per heavy atom. The molecule has 6 heteroatoms. The number of fused-ring (bicyclic) bond motifs is 1. The van der Waals surface area contributed by atoms with Crippen LogP contribution in [0, 0.1) is 6.92 Å². The maximum Gasteiger partial charge on any atom is 0.276 e. The van der Waals surface area contributed by atoms with E-state index in [0.29, 0.717) is 18.1 Å². The lowest BCUT2D eigenvalue weighted by Crippen LogP contribution is -2.20.